The number of sulfone groups is 1. The summed E-state index contributed by atoms with van der Waals surface area (Å²) in [4.78, 5) is 24.1. The average molecular weight is 375 g/mol. The van der Waals surface area contributed by atoms with E-state index >= 15 is 0 Å². The van der Waals surface area contributed by atoms with Gasteiger partial charge in [-0.25, -0.2) is 13.2 Å². The van der Waals surface area contributed by atoms with Gasteiger partial charge in [-0.05, 0) is 30.2 Å². The van der Waals surface area contributed by atoms with Gasteiger partial charge in [-0.15, -0.1) is 0 Å². The van der Waals surface area contributed by atoms with Crippen molar-refractivity contribution in [2.45, 2.75) is 25.3 Å². The number of hydrogen-bond donors (Lipinski definition) is 1. The van der Waals surface area contributed by atoms with Crippen LogP contribution in [0, 0.1) is 0 Å². The fraction of sp³-hybridized carbons (Fsp3) is 0.263. The number of esters is 1. The molecule has 26 heavy (non-hydrogen) atoms. The zero-order valence-corrected chi connectivity index (χ0v) is 15.5. The third kappa shape index (κ3) is 6.33. The molecule has 0 spiro atoms. The molecule has 0 bridgehead atoms. The van der Waals surface area contributed by atoms with Gasteiger partial charge in [0.15, 0.2) is 15.9 Å². The highest BCUT2D eigenvalue weighted by atomic mass is 32.2. The van der Waals surface area contributed by atoms with E-state index in [1.54, 1.807) is 12.1 Å². The predicted molar refractivity (Wildman–Crippen MR) is 98.2 cm³/mol. The highest BCUT2D eigenvalue weighted by molar-refractivity contribution is 7.89. The minimum absolute atomic E-state index is 0.0966. The Hall–Kier alpha value is -2.67. The second kappa shape index (κ2) is 8.62. The number of rotatable bonds is 7. The van der Waals surface area contributed by atoms with Gasteiger partial charge >= 0.3 is 5.97 Å². The summed E-state index contributed by atoms with van der Waals surface area (Å²) in [6.07, 6.45) is 0.201. The van der Waals surface area contributed by atoms with Crippen molar-refractivity contribution < 1.29 is 22.7 Å². The fourth-order valence-corrected chi connectivity index (χ4v) is 3.05. The first-order valence-electron chi connectivity index (χ1n) is 8.04. The SMILES string of the molecule is C[C@H](OC(=O)c1ccc(CS(C)(=O)=O)cc1)C(=O)NCc1ccccc1. The van der Waals surface area contributed by atoms with E-state index in [1.807, 2.05) is 30.3 Å². The fourth-order valence-electron chi connectivity index (χ4n) is 2.25. The van der Waals surface area contributed by atoms with Gasteiger partial charge in [-0.2, -0.15) is 0 Å². The summed E-state index contributed by atoms with van der Waals surface area (Å²) in [7, 11) is -3.14. The molecule has 0 aliphatic carbocycles. The lowest BCUT2D eigenvalue weighted by Crippen LogP contribution is -2.35. The Kier molecular flexibility index (Phi) is 6.52. The van der Waals surface area contributed by atoms with E-state index in [4.69, 9.17) is 4.74 Å². The Balaban J connectivity index is 1.88. The summed E-state index contributed by atoms with van der Waals surface area (Å²) in [6.45, 7) is 1.85. The Morgan fingerprint density at radius 2 is 1.62 bits per heavy atom. The molecule has 0 unspecified atom stereocenters. The Labute approximate surface area is 153 Å². The number of nitrogens with one attached hydrogen (secondary N) is 1. The van der Waals surface area contributed by atoms with Crippen LogP contribution in [0.2, 0.25) is 0 Å². The lowest BCUT2D eigenvalue weighted by molar-refractivity contribution is -0.129. The van der Waals surface area contributed by atoms with E-state index < -0.39 is 27.8 Å². The van der Waals surface area contributed by atoms with Gasteiger partial charge in [-0.1, -0.05) is 42.5 Å². The topological polar surface area (TPSA) is 89.5 Å². The van der Waals surface area contributed by atoms with Gasteiger partial charge in [0.25, 0.3) is 5.91 Å². The summed E-state index contributed by atoms with van der Waals surface area (Å²) < 4.78 is 27.7. The lowest BCUT2D eigenvalue weighted by Gasteiger charge is -2.13. The molecule has 0 aromatic heterocycles. The van der Waals surface area contributed by atoms with Gasteiger partial charge in [0, 0.05) is 12.8 Å². The van der Waals surface area contributed by atoms with Crippen molar-refractivity contribution in [1.82, 2.24) is 5.32 Å². The second-order valence-corrected chi connectivity index (χ2v) is 8.16. The molecule has 2 rings (SSSR count). The van der Waals surface area contributed by atoms with E-state index in [0.29, 0.717) is 12.1 Å². The van der Waals surface area contributed by atoms with Crippen molar-refractivity contribution in [2.24, 2.45) is 0 Å². The molecule has 0 aliphatic rings. The van der Waals surface area contributed by atoms with Gasteiger partial charge in [0.1, 0.15) is 0 Å². The zero-order chi connectivity index (χ0) is 19.2. The Bertz CT molecular complexity index is 861. The maximum absolute atomic E-state index is 12.1. The van der Waals surface area contributed by atoms with E-state index in [0.717, 1.165) is 11.8 Å². The quantitative estimate of drug-likeness (QED) is 0.749. The van der Waals surface area contributed by atoms with Crippen molar-refractivity contribution in [1.29, 1.82) is 0 Å². The summed E-state index contributed by atoms with van der Waals surface area (Å²) in [5.41, 5.74) is 1.78. The second-order valence-electron chi connectivity index (χ2n) is 6.02. The third-order valence-electron chi connectivity index (χ3n) is 3.58. The molecule has 0 aliphatic heterocycles. The van der Waals surface area contributed by atoms with Crippen molar-refractivity contribution >= 4 is 21.7 Å². The first kappa shape index (κ1) is 19.7. The molecule has 6 nitrogen and oxygen atoms in total. The predicted octanol–water partition coefficient (Wildman–Crippen LogP) is 2.09. The standard InChI is InChI=1S/C19H21NO5S/c1-14(18(21)20-12-15-6-4-3-5-7-15)25-19(22)17-10-8-16(9-11-17)13-26(2,23)24/h3-11,14H,12-13H2,1-2H3,(H,20,21)/t14-/m0/s1. The molecule has 1 atom stereocenters. The number of carbonyl (C=O) groups is 2. The molecular formula is C19H21NO5S. The number of benzene rings is 2. The van der Waals surface area contributed by atoms with Crippen molar-refractivity contribution in [3.05, 3.63) is 71.3 Å². The molecule has 138 valence electrons. The first-order chi connectivity index (χ1) is 12.2. The van der Waals surface area contributed by atoms with E-state index in [2.05, 4.69) is 5.32 Å². The van der Waals surface area contributed by atoms with Crippen LogP contribution < -0.4 is 5.32 Å². The zero-order valence-electron chi connectivity index (χ0n) is 14.6. The van der Waals surface area contributed by atoms with E-state index in [1.165, 1.54) is 19.1 Å². The van der Waals surface area contributed by atoms with Crippen LogP contribution in [-0.4, -0.2) is 32.7 Å². The summed E-state index contributed by atoms with van der Waals surface area (Å²) in [6, 6.07) is 15.5. The largest absolute Gasteiger partial charge is 0.449 e. The molecule has 0 radical (unpaired) electrons. The number of hydrogen-bond acceptors (Lipinski definition) is 5. The Morgan fingerprint density at radius 3 is 2.19 bits per heavy atom. The molecule has 1 amide bonds. The van der Waals surface area contributed by atoms with Gasteiger partial charge in [0.05, 0.1) is 11.3 Å². The lowest BCUT2D eigenvalue weighted by atomic mass is 10.1. The van der Waals surface area contributed by atoms with E-state index in [9.17, 15) is 18.0 Å². The molecular weight excluding hydrogens is 354 g/mol. The first-order valence-corrected chi connectivity index (χ1v) is 10.1. The van der Waals surface area contributed by atoms with Gasteiger partial charge in [-0.3, -0.25) is 4.79 Å². The van der Waals surface area contributed by atoms with Crippen LogP contribution in [0.4, 0.5) is 0 Å². The van der Waals surface area contributed by atoms with Crippen LogP contribution in [0.3, 0.4) is 0 Å². The van der Waals surface area contributed by atoms with Crippen LogP contribution in [-0.2, 0) is 31.7 Å². The molecule has 0 saturated heterocycles. The molecule has 2 aromatic carbocycles. The molecule has 0 fully saturated rings. The van der Waals surface area contributed by atoms with Crippen molar-refractivity contribution in [3.8, 4) is 0 Å². The highest BCUT2D eigenvalue weighted by Crippen LogP contribution is 2.10. The number of ether oxygens (including phenoxy) is 1. The Morgan fingerprint density at radius 1 is 1.00 bits per heavy atom. The van der Waals surface area contributed by atoms with Crippen LogP contribution in [0.1, 0.15) is 28.4 Å². The molecule has 0 heterocycles. The minimum atomic E-state index is -3.14. The number of carbonyl (C=O) groups excluding carboxylic acids is 2. The van der Waals surface area contributed by atoms with Crippen molar-refractivity contribution in [3.63, 3.8) is 0 Å². The summed E-state index contributed by atoms with van der Waals surface area (Å²) in [5, 5.41) is 2.71. The van der Waals surface area contributed by atoms with Crippen LogP contribution in [0.25, 0.3) is 0 Å². The monoisotopic (exact) mass is 375 g/mol. The minimum Gasteiger partial charge on any atom is -0.449 e. The highest BCUT2D eigenvalue weighted by Gasteiger charge is 2.18. The smallest absolute Gasteiger partial charge is 0.338 e. The maximum Gasteiger partial charge on any atom is 0.338 e. The molecule has 7 heteroatoms. The third-order valence-corrected chi connectivity index (χ3v) is 4.44. The van der Waals surface area contributed by atoms with Crippen LogP contribution >= 0.6 is 0 Å². The van der Waals surface area contributed by atoms with E-state index in [-0.39, 0.29) is 11.3 Å². The number of amides is 1. The average Bonchev–Trinajstić information content (AvgIpc) is 2.59. The van der Waals surface area contributed by atoms with Gasteiger partial charge < -0.3 is 10.1 Å². The molecule has 2 aromatic rings. The normalized spacial score (nSPS) is 12.2. The van der Waals surface area contributed by atoms with Gasteiger partial charge in [0.2, 0.25) is 0 Å². The van der Waals surface area contributed by atoms with Crippen molar-refractivity contribution in [2.75, 3.05) is 6.26 Å². The van der Waals surface area contributed by atoms with Crippen LogP contribution in [0.5, 0.6) is 0 Å². The maximum atomic E-state index is 12.1. The van der Waals surface area contributed by atoms with Crippen LogP contribution in [0.15, 0.2) is 54.6 Å². The summed E-state index contributed by atoms with van der Waals surface area (Å²) in [5.74, 6) is -1.13. The summed E-state index contributed by atoms with van der Waals surface area (Å²) >= 11 is 0. The molecule has 1 N–H and O–H groups in total. The molecule has 0 saturated carbocycles.